The number of benzene rings is 1. The third-order valence-corrected chi connectivity index (χ3v) is 3.71. The van der Waals surface area contributed by atoms with Crippen molar-refractivity contribution in [1.82, 2.24) is 5.32 Å². The van der Waals surface area contributed by atoms with Crippen molar-refractivity contribution in [2.75, 3.05) is 32.7 Å². The Morgan fingerprint density at radius 2 is 2.16 bits per heavy atom. The SMILES string of the molecule is COc1ccc(Br)c(C(=O)NCCN=S(C)(C)=O)c1. The highest BCUT2D eigenvalue weighted by Crippen LogP contribution is 2.22. The lowest BCUT2D eigenvalue weighted by atomic mass is 10.2. The standard InChI is InChI=1S/C12H17BrN2O3S/c1-18-9-4-5-11(13)10(8-9)12(16)14-6-7-15-19(2,3)17/h4-5,8H,6-7H2,1-3H3,(H,14,16). The van der Waals surface area contributed by atoms with Crippen molar-refractivity contribution in [3.8, 4) is 5.75 Å². The molecule has 1 N–H and O–H groups in total. The number of rotatable bonds is 5. The van der Waals surface area contributed by atoms with Crippen LogP contribution in [0.1, 0.15) is 10.4 Å². The molecule has 0 aliphatic heterocycles. The first kappa shape index (κ1) is 16.0. The van der Waals surface area contributed by atoms with Crippen molar-refractivity contribution in [1.29, 1.82) is 0 Å². The Bertz CT molecular complexity index is 572. The molecule has 0 saturated carbocycles. The zero-order chi connectivity index (χ0) is 14.5. The summed E-state index contributed by atoms with van der Waals surface area (Å²) in [4.78, 5) is 11.9. The quantitative estimate of drug-likeness (QED) is 0.826. The highest BCUT2D eigenvalue weighted by atomic mass is 79.9. The summed E-state index contributed by atoms with van der Waals surface area (Å²) in [6, 6.07) is 5.17. The van der Waals surface area contributed by atoms with E-state index in [2.05, 4.69) is 25.6 Å². The lowest BCUT2D eigenvalue weighted by Gasteiger charge is -2.08. The molecule has 0 atom stereocenters. The van der Waals surface area contributed by atoms with Crippen molar-refractivity contribution in [3.63, 3.8) is 0 Å². The summed E-state index contributed by atoms with van der Waals surface area (Å²) in [7, 11) is -0.567. The number of hydrogen-bond acceptors (Lipinski definition) is 4. The summed E-state index contributed by atoms with van der Waals surface area (Å²) < 4.78 is 21.1. The number of methoxy groups -OCH3 is 1. The largest absolute Gasteiger partial charge is 0.497 e. The molecule has 0 fully saturated rings. The van der Waals surface area contributed by atoms with Crippen molar-refractivity contribution in [3.05, 3.63) is 28.2 Å². The highest BCUT2D eigenvalue weighted by Gasteiger charge is 2.10. The van der Waals surface area contributed by atoms with Crippen molar-refractivity contribution >= 4 is 31.6 Å². The van der Waals surface area contributed by atoms with Gasteiger partial charge >= 0.3 is 0 Å². The lowest BCUT2D eigenvalue weighted by Crippen LogP contribution is -2.26. The number of nitrogens with zero attached hydrogens (tertiary/aromatic N) is 1. The molecule has 0 aromatic heterocycles. The molecule has 19 heavy (non-hydrogen) atoms. The fraction of sp³-hybridized carbons (Fsp3) is 0.417. The van der Waals surface area contributed by atoms with Crippen LogP contribution in [0.2, 0.25) is 0 Å². The van der Waals surface area contributed by atoms with E-state index in [1.807, 2.05) is 0 Å². The molecule has 0 heterocycles. The van der Waals surface area contributed by atoms with Gasteiger partial charge in [-0.15, -0.1) is 0 Å². The summed E-state index contributed by atoms with van der Waals surface area (Å²) in [5, 5.41) is 2.72. The van der Waals surface area contributed by atoms with Gasteiger partial charge in [0, 0.05) is 33.3 Å². The van der Waals surface area contributed by atoms with Gasteiger partial charge in [0.1, 0.15) is 5.75 Å². The number of hydrogen-bond donors (Lipinski definition) is 1. The van der Waals surface area contributed by atoms with Crippen molar-refractivity contribution in [2.24, 2.45) is 4.36 Å². The minimum Gasteiger partial charge on any atom is -0.497 e. The van der Waals surface area contributed by atoms with Crippen LogP contribution in [0, 0.1) is 0 Å². The Morgan fingerprint density at radius 1 is 1.47 bits per heavy atom. The molecule has 0 unspecified atom stereocenters. The number of carbonyl (C=O) groups is 1. The lowest BCUT2D eigenvalue weighted by molar-refractivity contribution is 0.0953. The second-order valence-corrected chi connectivity index (χ2v) is 7.61. The molecule has 7 heteroatoms. The molecule has 1 rings (SSSR count). The van der Waals surface area contributed by atoms with E-state index in [1.165, 1.54) is 0 Å². The highest BCUT2D eigenvalue weighted by molar-refractivity contribution is 9.10. The molecule has 0 radical (unpaired) electrons. The normalized spacial score (nSPS) is 10.9. The first-order valence-corrected chi connectivity index (χ1v) is 8.70. The van der Waals surface area contributed by atoms with E-state index >= 15 is 0 Å². The molecule has 0 spiro atoms. The van der Waals surface area contributed by atoms with Gasteiger partial charge in [-0.1, -0.05) is 0 Å². The molecule has 0 aliphatic carbocycles. The van der Waals surface area contributed by atoms with Gasteiger partial charge in [0.05, 0.1) is 19.2 Å². The zero-order valence-corrected chi connectivity index (χ0v) is 13.5. The van der Waals surface area contributed by atoms with E-state index < -0.39 is 9.73 Å². The van der Waals surface area contributed by atoms with E-state index in [9.17, 15) is 9.00 Å². The zero-order valence-electron chi connectivity index (χ0n) is 11.1. The average Bonchev–Trinajstić information content (AvgIpc) is 2.34. The topological polar surface area (TPSA) is 67.8 Å². The maximum Gasteiger partial charge on any atom is 0.252 e. The van der Waals surface area contributed by atoms with Gasteiger partial charge in [-0.3, -0.25) is 9.00 Å². The second-order valence-electron chi connectivity index (χ2n) is 4.14. The maximum absolute atomic E-state index is 11.9. The molecule has 1 amide bonds. The van der Waals surface area contributed by atoms with Crippen LogP contribution in [-0.2, 0) is 9.73 Å². The third kappa shape index (κ3) is 5.61. The van der Waals surface area contributed by atoms with Crippen LogP contribution in [0.4, 0.5) is 0 Å². The van der Waals surface area contributed by atoms with Crippen molar-refractivity contribution < 1.29 is 13.7 Å². The number of nitrogens with one attached hydrogen (secondary N) is 1. The Labute approximate surface area is 122 Å². The minimum atomic E-state index is -2.11. The first-order valence-electron chi connectivity index (χ1n) is 5.58. The van der Waals surface area contributed by atoms with Gasteiger partial charge in [0.15, 0.2) is 0 Å². The van der Waals surface area contributed by atoms with Crippen LogP contribution in [0.5, 0.6) is 5.75 Å². The Hall–Kier alpha value is -1.08. The fourth-order valence-corrected chi connectivity index (χ4v) is 2.29. The van der Waals surface area contributed by atoms with Gasteiger partial charge in [0.2, 0.25) is 0 Å². The molecule has 106 valence electrons. The Morgan fingerprint density at radius 3 is 2.74 bits per heavy atom. The summed E-state index contributed by atoms with van der Waals surface area (Å²) in [6.45, 7) is 0.681. The smallest absolute Gasteiger partial charge is 0.252 e. The molecule has 0 bridgehead atoms. The first-order chi connectivity index (χ1) is 8.83. The molecular formula is C12H17BrN2O3S. The number of ether oxygens (including phenoxy) is 1. The van der Waals surface area contributed by atoms with Crippen molar-refractivity contribution in [2.45, 2.75) is 0 Å². The molecule has 1 aromatic carbocycles. The number of carbonyl (C=O) groups excluding carboxylic acids is 1. The van der Waals surface area contributed by atoms with Crippen LogP contribution >= 0.6 is 15.9 Å². The van der Waals surface area contributed by atoms with E-state index in [1.54, 1.807) is 37.8 Å². The van der Waals surface area contributed by atoms with Gasteiger partial charge < -0.3 is 10.1 Å². The maximum atomic E-state index is 11.9. The van der Waals surface area contributed by atoms with E-state index in [-0.39, 0.29) is 5.91 Å². The number of amides is 1. The molecular weight excluding hydrogens is 332 g/mol. The summed E-state index contributed by atoms with van der Waals surface area (Å²) in [5.74, 6) is 0.392. The molecule has 5 nitrogen and oxygen atoms in total. The summed E-state index contributed by atoms with van der Waals surface area (Å²) in [6.07, 6.45) is 3.13. The van der Waals surface area contributed by atoms with E-state index in [0.717, 1.165) is 0 Å². The van der Waals surface area contributed by atoms with Crippen LogP contribution in [0.25, 0.3) is 0 Å². The van der Waals surface area contributed by atoms with Gasteiger partial charge in [0.25, 0.3) is 5.91 Å². The molecule has 0 saturated heterocycles. The van der Waals surface area contributed by atoms with Crippen LogP contribution in [0.3, 0.4) is 0 Å². The Balaban J connectivity index is 2.66. The summed E-state index contributed by atoms with van der Waals surface area (Å²) in [5.41, 5.74) is 0.494. The van der Waals surface area contributed by atoms with Gasteiger partial charge in [-0.2, -0.15) is 0 Å². The number of halogens is 1. The van der Waals surface area contributed by atoms with Gasteiger partial charge in [-0.25, -0.2) is 4.36 Å². The van der Waals surface area contributed by atoms with Crippen LogP contribution < -0.4 is 10.1 Å². The predicted octanol–water partition coefficient (Wildman–Crippen LogP) is 1.92. The predicted molar refractivity (Wildman–Crippen MR) is 80.3 cm³/mol. The minimum absolute atomic E-state index is 0.223. The van der Waals surface area contributed by atoms with E-state index in [0.29, 0.717) is 28.9 Å². The fourth-order valence-electron chi connectivity index (χ4n) is 1.34. The van der Waals surface area contributed by atoms with Gasteiger partial charge in [-0.05, 0) is 34.1 Å². The van der Waals surface area contributed by atoms with E-state index in [4.69, 9.17) is 4.74 Å². The Kier molecular flexibility index (Phi) is 5.81. The molecule has 0 aliphatic rings. The second kappa shape index (κ2) is 6.91. The third-order valence-electron chi connectivity index (χ3n) is 2.22. The summed E-state index contributed by atoms with van der Waals surface area (Å²) >= 11 is 3.32. The average molecular weight is 349 g/mol. The van der Waals surface area contributed by atoms with Crippen LogP contribution in [0.15, 0.2) is 27.0 Å². The monoisotopic (exact) mass is 348 g/mol. The molecule has 1 aromatic rings. The van der Waals surface area contributed by atoms with Crippen LogP contribution in [-0.4, -0.2) is 42.8 Å².